The molecule has 0 atom stereocenters. The fraction of sp³-hybridized carbons (Fsp3) is 1.00. The molecule has 0 radical (unpaired) electrons. The topological polar surface area (TPSA) is 23.5 Å². The van der Waals surface area contributed by atoms with E-state index in [1.807, 2.05) is 6.92 Å². The second-order valence-electron chi connectivity index (χ2n) is 2.81. The van der Waals surface area contributed by atoms with Gasteiger partial charge in [-0.1, -0.05) is 6.92 Å². The molecule has 0 aromatic heterocycles. The molecule has 0 amide bonds. The molecular formula is C8H16F3NOS. The van der Waals surface area contributed by atoms with Gasteiger partial charge in [0, 0.05) is 18.8 Å². The van der Waals surface area contributed by atoms with Crippen molar-refractivity contribution in [1.82, 2.24) is 4.90 Å². The van der Waals surface area contributed by atoms with E-state index in [1.54, 1.807) is 11.8 Å². The lowest BCUT2D eigenvalue weighted by Gasteiger charge is -2.22. The maximum Gasteiger partial charge on any atom is 0.401 e. The molecule has 0 aliphatic carbocycles. The SMILES string of the molecule is CCSCCN(CCO)CC(F)(F)F. The second-order valence-corrected chi connectivity index (χ2v) is 4.21. The molecule has 1 N–H and O–H groups in total. The molecule has 0 rings (SSSR count). The summed E-state index contributed by atoms with van der Waals surface area (Å²) in [6.07, 6.45) is -4.17. The Morgan fingerprint density at radius 1 is 1.29 bits per heavy atom. The van der Waals surface area contributed by atoms with Crippen LogP contribution in [0.15, 0.2) is 0 Å². The maximum absolute atomic E-state index is 12.0. The Kier molecular flexibility index (Phi) is 7.40. The van der Waals surface area contributed by atoms with E-state index in [0.29, 0.717) is 12.3 Å². The van der Waals surface area contributed by atoms with Crippen molar-refractivity contribution in [1.29, 1.82) is 0 Å². The first-order valence-electron chi connectivity index (χ1n) is 4.47. The Morgan fingerprint density at radius 2 is 1.93 bits per heavy atom. The number of thioether (sulfide) groups is 1. The number of hydrogen-bond acceptors (Lipinski definition) is 3. The molecule has 86 valence electrons. The van der Waals surface area contributed by atoms with Gasteiger partial charge in [-0.05, 0) is 5.75 Å². The second kappa shape index (κ2) is 7.36. The van der Waals surface area contributed by atoms with Crippen LogP contribution in [0.4, 0.5) is 13.2 Å². The summed E-state index contributed by atoms with van der Waals surface area (Å²) in [6.45, 7) is 1.26. The predicted octanol–water partition coefficient (Wildman–Crippen LogP) is 1.60. The van der Waals surface area contributed by atoms with Crippen LogP contribution in [0.5, 0.6) is 0 Å². The van der Waals surface area contributed by atoms with E-state index in [1.165, 1.54) is 4.90 Å². The van der Waals surface area contributed by atoms with E-state index < -0.39 is 12.7 Å². The summed E-state index contributed by atoms with van der Waals surface area (Å²) in [4.78, 5) is 1.22. The zero-order valence-corrected chi connectivity index (χ0v) is 9.00. The van der Waals surface area contributed by atoms with E-state index in [4.69, 9.17) is 5.11 Å². The lowest BCUT2D eigenvalue weighted by molar-refractivity contribution is -0.146. The van der Waals surface area contributed by atoms with Crippen molar-refractivity contribution in [2.75, 3.05) is 37.7 Å². The third-order valence-corrected chi connectivity index (χ3v) is 2.45. The van der Waals surface area contributed by atoms with E-state index in [9.17, 15) is 13.2 Å². The van der Waals surface area contributed by atoms with Gasteiger partial charge in [0.25, 0.3) is 0 Å². The van der Waals surface area contributed by atoms with E-state index >= 15 is 0 Å². The average Bonchev–Trinajstić information content (AvgIpc) is 2.02. The van der Waals surface area contributed by atoms with Crippen LogP contribution in [0.25, 0.3) is 0 Å². The summed E-state index contributed by atoms with van der Waals surface area (Å²) in [7, 11) is 0. The Labute approximate surface area is 86.5 Å². The first-order valence-corrected chi connectivity index (χ1v) is 5.62. The summed E-state index contributed by atoms with van der Waals surface area (Å²) < 4.78 is 36.0. The van der Waals surface area contributed by atoms with Gasteiger partial charge in [0.1, 0.15) is 0 Å². The van der Waals surface area contributed by atoms with E-state index in [2.05, 4.69) is 0 Å². The summed E-state index contributed by atoms with van der Waals surface area (Å²) in [5.41, 5.74) is 0. The standard InChI is InChI=1S/C8H16F3NOS/c1-2-14-6-4-12(3-5-13)7-8(9,10)11/h13H,2-7H2,1H3. The van der Waals surface area contributed by atoms with Crippen molar-refractivity contribution in [3.05, 3.63) is 0 Å². The highest BCUT2D eigenvalue weighted by molar-refractivity contribution is 7.99. The molecular weight excluding hydrogens is 215 g/mol. The van der Waals surface area contributed by atoms with Crippen LogP contribution in [0.1, 0.15) is 6.92 Å². The fourth-order valence-corrected chi connectivity index (χ4v) is 1.68. The Bertz CT molecular complexity index is 143. The molecule has 0 aliphatic rings. The molecule has 0 fully saturated rings. The molecule has 2 nitrogen and oxygen atoms in total. The average molecular weight is 231 g/mol. The highest BCUT2D eigenvalue weighted by Gasteiger charge is 2.30. The molecule has 0 saturated heterocycles. The zero-order valence-electron chi connectivity index (χ0n) is 8.18. The Balaban J connectivity index is 3.77. The van der Waals surface area contributed by atoms with Crippen LogP contribution >= 0.6 is 11.8 Å². The smallest absolute Gasteiger partial charge is 0.395 e. The van der Waals surface area contributed by atoms with Crippen molar-refractivity contribution < 1.29 is 18.3 Å². The van der Waals surface area contributed by atoms with Gasteiger partial charge >= 0.3 is 6.18 Å². The number of aliphatic hydroxyl groups is 1. The molecule has 14 heavy (non-hydrogen) atoms. The predicted molar refractivity (Wildman–Crippen MR) is 52.6 cm³/mol. The molecule has 0 bridgehead atoms. The number of alkyl halides is 3. The molecule has 0 unspecified atom stereocenters. The summed E-state index contributed by atoms with van der Waals surface area (Å²) in [5, 5.41) is 8.57. The minimum atomic E-state index is -4.17. The zero-order chi connectivity index (χ0) is 11.0. The monoisotopic (exact) mass is 231 g/mol. The summed E-state index contributed by atoms with van der Waals surface area (Å²) in [6, 6.07) is 0. The fourth-order valence-electron chi connectivity index (χ4n) is 1.00. The Hall–Kier alpha value is 0.0600. The minimum absolute atomic E-state index is 0.0871. The van der Waals surface area contributed by atoms with Gasteiger partial charge in [-0.3, -0.25) is 4.90 Å². The van der Waals surface area contributed by atoms with Gasteiger partial charge < -0.3 is 5.11 Å². The minimum Gasteiger partial charge on any atom is -0.395 e. The molecule has 0 aromatic rings. The summed E-state index contributed by atoms with van der Waals surface area (Å²) in [5.74, 6) is 1.57. The van der Waals surface area contributed by atoms with Crippen molar-refractivity contribution in [2.45, 2.75) is 13.1 Å². The first kappa shape index (κ1) is 14.1. The third kappa shape index (κ3) is 8.65. The van der Waals surface area contributed by atoms with E-state index in [0.717, 1.165) is 5.75 Å². The van der Waals surface area contributed by atoms with Gasteiger partial charge in [-0.25, -0.2) is 0 Å². The normalized spacial score (nSPS) is 12.4. The molecule has 0 heterocycles. The largest absolute Gasteiger partial charge is 0.401 e. The van der Waals surface area contributed by atoms with Crippen LogP contribution in [0.3, 0.4) is 0 Å². The van der Waals surface area contributed by atoms with Crippen LogP contribution in [0.2, 0.25) is 0 Å². The quantitative estimate of drug-likeness (QED) is 0.673. The van der Waals surface area contributed by atoms with Crippen molar-refractivity contribution >= 4 is 11.8 Å². The molecule has 0 saturated carbocycles. The van der Waals surface area contributed by atoms with Gasteiger partial charge in [0.2, 0.25) is 0 Å². The molecule has 0 aromatic carbocycles. The lowest BCUT2D eigenvalue weighted by atomic mass is 10.4. The number of hydrogen-bond donors (Lipinski definition) is 1. The van der Waals surface area contributed by atoms with Gasteiger partial charge in [-0.2, -0.15) is 24.9 Å². The number of halogens is 3. The van der Waals surface area contributed by atoms with Gasteiger partial charge in [-0.15, -0.1) is 0 Å². The Morgan fingerprint density at radius 3 is 2.36 bits per heavy atom. The summed E-state index contributed by atoms with van der Waals surface area (Å²) >= 11 is 1.60. The van der Waals surface area contributed by atoms with E-state index in [-0.39, 0.29) is 13.2 Å². The molecule has 0 aliphatic heterocycles. The molecule has 6 heteroatoms. The maximum atomic E-state index is 12.0. The lowest BCUT2D eigenvalue weighted by Crippen LogP contribution is -2.37. The van der Waals surface area contributed by atoms with Crippen molar-refractivity contribution in [3.8, 4) is 0 Å². The molecule has 0 spiro atoms. The van der Waals surface area contributed by atoms with Crippen molar-refractivity contribution in [2.24, 2.45) is 0 Å². The third-order valence-electron chi connectivity index (χ3n) is 1.58. The highest BCUT2D eigenvalue weighted by Crippen LogP contribution is 2.16. The van der Waals surface area contributed by atoms with Crippen LogP contribution in [0, 0.1) is 0 Å². The van der Waals surface area contributed by atoms with Crippen LogP contribution in [-0.4, -0.2) is 53.9 Å². The van der Waals surface area contributed by atoms with Crippen LogP contribution < -0.4 is 0 Å². The van der Waals surface area contributed by atoms with Gasteiger partial charge in [0.15, 0.2) is 0 Å². The van der Waals surface area contributed by atoms with Crippen LogP contribution in [-0.2, 0) is 0 Å². The first-order chi connectivity index (χ1) is 6.49. The van der Waals surface area contributed by atoms with Gasteiger partial charge in [0.05, 0.1) is 13.2 Å². The number of rotatable bonds is 7. The number of aliphatic hydroxyl groups excluding tert-OH is 1. The number of nitrogens with zero attached hydrogens (tertiary/aromatic N) is 1. The van der Waals surface area contributed by atoms with Crippen molar-refractivity contribution in [3.63, 3.8) is 0 Å². The highest BCUT2D eigenvalue weighted by atomic mass is 32.2.